The molecule has 1 amide bonds. The van der Waals surface area contributed by atoms with Crippen LogP contribution >= 0.6 is 0 Å². The number of halogens is 3. The number of amides is 1. The van der Waals surface area contributed by atoms with Crippen molar-refractivity contribution in [3.63, 3.8) is 0 Å². The van der Waals surface area contributed by atoms with E-state index < -0.39 is 12.8 Å². The molecular weight excluding hydrogens is 385 g/mol. The van der Waals surface area contributed by atoms with Gasteiger partial charge in [0.05, 0.1) is 23.9 Å². The van der Waals surface area contributed by atoms with Crippen molar-refractivity contribution in [3.8, 4) is 17.5 Å². The summed E-state index contributed by atoms with van der Waals surface area (Å²) in [4.78, 5) is 12.3. The van der Waals surface area contributed by atoms with Crippen LogP contribution in [0.25, 0.3) is 5.69 Å². The zero-order valence-electron chi connectivity index (χ0n) is 15.0. The van der Waals surface area contributed by atoms with Gasteiger partial charge in [0.15, 0.2) is 6.61 Å². The Morgan fingerprint density at radius 2 is 1.97 bits per heavy atom. The highest BCUT2D eigenvalue weighted by molar-refractivity contribution is 5.92. The lowest BCUT2D eigenvalue weighted by Gasteiger charge is -2.11. The Labute approximate surface area is 164 Å². The zero-order chi connectivity index (χ0) is 20.9. The molecule has 1 heterocycles. The molecule has 0 radical (unpaired) electrons. The van der Waals surface area contributed by atoms with Crippen LogP contribution < -0.4 is 10.1 Å². The zero-order valence-corrected chi connectivity index (χ0v) is 15.0. The van der Waals surface area contributed by atoms with Crippen LogP contribution in [0, 0.1) is 11.3 Å². The average Bonchev–Trinajstić information content (AvgIpc) is 3.15. The first-order valence-electron chi connectivity index (χ1n) is 8.46. The van der Waals surface area contributed by atoms with Crippen LogP contribution in [0.2, 0.25) is 0 Å². The SMILES string of the molecule is N#Cc1cc(NC(=O)Cc2cnn(-c3ccccc3)c2)ccc1OCC(F)(F)F. The van der Waals surface area contributed by atoms with Crippen LogP contribution in [0.4, 0.5) is 18.9 Å². The second kappa shape index (κ2) is 8.48. The summed E-state index contributed by atoms with van der Waals surface area (Å²) >= 11 is 0. The lowest BCUT2D eigenvalue weighted by molar-refractivity contribution is -0.153. The molecule has 0 spiro atoms. The molecule has 0 saturated heterocycles. The van der Waals surface area contributed by atoms with Gasteiger partial charge in [-0.2, -0.15) is 23.5 Å². The second-order valence-corrected chi connectivity index (χ2v) is 6.08. The van der Waals surface area contributed by atoms with E-state index in [1.807, 2.05) is 30.3 Å². The maximum absolute atomic E-state index is 12.3. The van der Waals surface area contributed by atoms with Crippen LogP contribution in [0.5, 0.6) is 5.75 Å². The summed E-state index contributed by atoms with van der Waals surface area (Å²) in [6.45, 7) is -1.50. The Morgan fingerprint density at radius 3 is 2.66 bits per heavy atom. The molecule has 1 aromatic heterocycles. The maximum atomic E-state index is 12.3. The number of anilines is 1. The van der Waals surface area contributed by atoms with E-state index >= 15 is 0 Å². The van der Waals surface area contributed by atoms with Gasteiger partial charge in [0, 0.05) is 11.9 Å². The minimum absolute atomic E-state index is 0.0427. The minimum Gasteiger partial charge on any atom is -0.483 e. The number of rotatable bonds is 6. The molecule has 0 aliphatic rings. The molecule has 3 aromatic rings. The van der Waals surface area contributed by atoms with Gasteiger partial charge < -0.3 is 10.1 Å². The Morgan fingerprint density at radius 1 is 1.21 bits per heavy atom. The summed E-state index contributed by atoms with van der Waals surface area (Å²) < 4.78 is 43.1. The highest BCUT2D eigenvalue weighted by atomic mass is 19.4. The lowest BCUT2D eigenvalue weighted by Crippen LogP contribution is -2.19. The van der Waals surface area contributed by atoms with E-state index in [9.17, 15) is 18.0 Å². The third-order valence-corrected chi connectivity index (χ3v) is 3.80. The highest BCUT2D eigenvalue weighted by Crippen LogP contribution is 2.25. The standard InChI is InChI=1S/C20H15F3N4O2/c21-20(22,23)13-29-18-7-6-16(9-15(18)10-24)26-19(28)8-14-11-25-27(12-14)17-4-2-1-3-5-17/h1-7,9,11-12H,8,13H2,(H,26,28). The fourth-order valence-corrected chi connectivity index (χ4v) is 2.54. The van der Waals surface area contributed by atoms with Gasteiger partial charge in [-0.15, -0.1) is 0 Å². The van der Waals surface area contributed by atoms with E-state index in [1.165, 1.54) is 18.2 Å². The minimum atomic E-state index is -4.51. The summed E-state index contributed by atoms with van der Waals surface area (Å²) in [6.07, 6.45) is -1.17. The molecule has 148 valence electrons. The van der Waals surface area contributed by atoms with E-state index in [2.05, 4.69) is 15.2 Å². The molecule has 6 nitrogen and oxygen atoms in total. The number of benzene rings is 2. The molecule has 9 heteroatoms. The van der Waals surface area contributed by atoms with Gasteiger partial charge in [0.25, 0.3) is 0 Å². The first kappa shape index (κ1) is 19.9. The largest absolute Gasteiger partial charge is 0.483 e. The van der Waals surface area contributed by atoms with Gasteiger partial charge in [-0.25, -0.2) is 4.68 Å². The van der Waals surface area contributed by atoms with Crippen molar-refractivity contribution in [1.82, 2.24) is 9.78 Å². The number of hydrogen-bond donors (Lipinski definition) is 1. The molecule has 0 aliphatic heterocycles. The van der Waals surface area contributed by atoms with E-state index in [0.29, 0.717) is 5.56 Å². The van der Waals surface area contributed by atoms with Crippen molar-refractivity contribution in [2.45, 2.75) is 12.6 Å². The molecule has 1 N–H and O–H groups in total. The Balaban J connectivity index is 1.63. The first-order valence-corrected chi connectivity index (χ1v) is 8.46. The number of alkyl halides is 3. The molecule has 0 bridgehead atoms. The molecule has 0 fully saturated rings. The van der Waals surface area contributed by atoms with E-state index in [-0.39, 0.29) is 29.3 Å². The van der Waals surface area contributed by atoms with Crippen LogP contribution in [0.1, 0.15) is 11.1 Å². The van der Waals surface area contributed by atoms with Crippen molar-refractivity contribution >= 4 is 11.6 Å². The third kappa shape index (κ3) is 5.59. The monoisotopic (exact) mass is 400 g/mol. The Hall–Kier alpha value is -3.80. The predicted molar refractivity (Wildman–Crippen MR) is 98.6 cm³/mol. The van der Waals surface area contributed by atoms with Gasteiger partial charge in [0.1, 0.15) is 11.8 Å². The number of aromatic nitrogens is 2. The van der Waals surface area contributed by atoms with Crippen LogP contribution in [0.3, 0.4) is 0 Å². The molecule has 2 aromatic carbocycles. The van der Waals surface area contributed by atoms with Crippen LogP contribution in [0.15, 0.2) is 60.9 Å². The number of ether oxygens (including phenoxy) is 1. The summed E-state index contributed by atoms with van der Waals surface area (Å²) in [6, 6.07) is 15.0. The number of nitrogens with one attached hydrogen (secondary N) is 1. The van der Waals surface area contributed by atoms with E-state index in [1.54, 1.807) is 23.1 Å². The smallest absolute Gasteiger partial charge is 0.422 e. The van der Waals surface area contributed by atoms with Gasteiger partial charge in [-0.05, 0) is 35.9 Å². The number of nitrogens with zero attached hydrogens (tertiary/aromatic N) is 3. The fraction of sp³-hybridized carbons (Fsp3) is 0.150. The first-order chi connectivity index (χ1) is 13.8. The quantitative estimate of drug-likeness (QED) is 0.681. The summed E-state index contributed by atoms with van der Waals surface area (Å²) in [5, 5.41) is 15.9. The van der Waals surface area contributed by atoms with Crippen molar-refractivity contribution in [1.29, 1.82) is 5.26 Å². The molecule has 0 unspecified atom stereocenters. The molecule has 0 atom stereocenters. The highest BCUT2D eigenvalue weighted by Gasteiger charge is 2.28. The normalized spacial score (nSPS) is 11.0. The summed E-state index contributed by atoms with van der Waals surface area (Å²) in [5.74, 6) is -0.558. The number of para-hydroxylation sites is 1. The van der Waals surface area contributed by atoms with Crippen molar-refractivity contribution in [2.24, 2.45) is 0 Å². The Kier molecular flexibility index (Phi) is 5.83. The Bertz CT molecular complexity index is 1040. The third-order valence-electron chi connectivity index (χ3n) is 3.80. The number of nitriles is 1. The molecular formula is C20H15F3N4O2. The number of carbonyl (C=O) groups is 1. The van der Waals surface area contributed by atoms with E-state index in [4.69, 9.17) is 5.26 Å². The summed E-state index contributed by atoms with van der Waals surface area (Å²) in [5.41, 5.74) is 1.70. The van der Waals surface area contributed by atoms with Crippen molar-refractivity contribution in [2.75, 3.05) is 11.9 Å². The van der Waals surface area contributed by atoms with Crippen LogP contribution in [-0.4, -0.2) is 28.5 Å². The van der Waals surface area contributed by atoms with Gasteiger partial charge >= 0.3 is 6.18 Å². The summed E-state index contributed by atoms with van der Waals surface area (Å²) in [7, 11) is 0. The molecule has 0 saturated carbocycles. The van der Waals surface area contributed by atoms with Crippen molar-refractivity contribution < 1.29 is 22.7 Å². The number of hydrogen-bond acceptors (Lipinski definition) is 4. The van der Waals surface area contributed by atoms with Crippen LogP contribution in [-0.2, 0) is 11.2 Å². The van der Waals surface area contributed by atoms with Crippen molar-refractivity contribution in [3.05, 3.63) is 72.1 Å². The predicted octanol–water partition coefficient (Wildman–Crippen LogP) is 3.87. The van der Waals surface area contributed by atoms with Gasteiger partial charge in [0.2, 0.25) is 5.91 Å². The topological polar surface area (TPSA) is 79.9 Å². The van der Waals surface area contributed by atoms with E-state index in [0.717, 1.165) is 5.69 Å². The van der Waals surface area contributed by atoms with Gasteiger partial charge in [-0.1, -0.05) is 18.2 Å². The lowest BCUT2D eigenvalue weighted by atomic mass is 10.2. The maximum Gasteiger partial charge on any atom is 0.422 e. The fourth-order valence-electron chi connectivity index (χ4n) is 2.54. The molecule has 0 aliphatic carbocycles. The van der Waals surface area contributed by atoms with Gasteiger partial charge in [-0.3, -0.25) is 4.79 Å². The molecule has 3 rings (SSSR count). The average molecular weight is 400 g/mol. The molecule has 29 heavy (non-hydrogen) atoms. The number of carbonyl (C=O) groups excluding carboxylic acids is 1. The second-order valence-electron chi connectivity index (χ2n) is 6.08.